The Morgan fingerprint density at radius 2 is 1.56 bits per heavy atom. The number of aromatic hydroxyl groups is 1. The number of hydrogen-bond acceptors (Lipinski definition) is 8. The Hall–Kier alpha value is -5.11. The van der Waals surface area contributed by atoms with Crippen LogP contribution >= 0.6 is 34.8 Å². The molecule has 2 aliphatic carbocycles. The second-order valence-electron chi connectivity index (χ2n) is 13.8. The Morgan fingerprint density at radius 3 is 2.18 bits per heavy atom. The predicted molar refractivity (Wildman–Crippen MR) is 195 cm³/mol. The van der Waals surface area contributed by atoms with E-state index in [0.29, 0.717) is 49.7 Å². The van der Waals surface area contributed by atoms with Crippen LogP contribution in [0.15, 0.2) is 90.6 Å². The Bertz CT molecular complexity index is 2320. The van der Waals surface area contributed by atoms with Gasteiger partial charge in [0.25, 0.3) is 11.8 Å². The fraction of sp³-hybridized carbons (Fsp3) is 0.256. The number of carbonyl (C=O) groups is 4. The van der Waals surface area contributed by atoms with Gasteiger partial charge in [0.1, 0.15) is 0 Å². The molecule has 6 atom stereocenters. The average Bonchev–Trinajstić information content (AvgIpc) is 3.53. The van der Waals surface area contributed by atoms with Gasteiger partial charge in [-0.25, -0.2) is 4.98 Å². The molecular formula is C39H28Cl3F3N4O6. The third-order valence-corrected chi connectivity index (χ3v) is 12.0. The van der Waals surface area contributed by atoms with E-state index < -0.39 is 75.4 Å². The van der Waals surface area contributed by atoms with E-state index in [2.05, 4.69) is 10.4 Å². The van der Waals surface area contributed by atoms with E-state index in [4.69, 9.17) is 39.5 Å². The summed E-state index contributed by atoms with van der Waals surface area (Å²) in [6.45, 7) is 0. The lowest BCUT2D eigenvalue weighted by Crippen LogP contribution is -2.53. The number of hydrazine groups is 1. The molecule has 55 heavy (non-hydrogen) atoms. The maximum absolute atomic E-state index is 15.3. The molecular weight excluding hydrogens is 784 g/mol. The number of ether oxygens (including phenoxy) is 1. The first-order valence-electron chi connectivity index (χ1n) is 17.0. The number of fused-ring (bicyclic) bond motifs is 4. The molecule has 3 fully saturated rings. The van der Waals surface area contributed by atoms with Crippen molar-refractivity contribution in [1.29, 1.82) is 0 Å². The van der Waals surface area contributed by atoms with Crippen LogP contribution in [0.5, 0.6) is 11.5 Å². The first-order valence-corrected chi connectivity index (χ1v) is 18.1. The number of methoxy groups -OCH3 is 1. The highest BCUT2D eigenvalue weighted by Gasteiger charge is 2.70. The van der Waals surface area contributed by atoms with E-state index in [1.54, 1.807) is 54.6 Å². The van der Waals surface area contributed by atoms with E-state index in [-0.39, 0.29) is 30.2 Å². The quantitative estimate of drug-likeness (QED) is 0.148. The van der Waals surface area contributed by atoms with Crippen LogP contribution in [0.2, 0.25) is 15.1 Å². The maximum atomic E-state index is 15.3. The summed E-state index contributed by atoms with van der Waals surface area (Å²) < 4.78 is 45.7. The summed E-state index contributed by atoms with van der Waals surface area (Å²) in [5.41, 5.74) is 1.39. The third kappa shape index (κ3) is 5.65. The van der Waals surface area contributed by atoms with Crippen molar-refractivity contribution in [2.75, 3.05) is 17.4 Å². The molecule has 10 nitrogen and oxygen atoms in total. The van der Waals surface area contributed by atoms with Crippen LogP contribution in [0.4, 0.5) is 24.7 Å². The fourth-order valence-corrected chi connectivity index (χ4v) is 9.35. The molecule has 3 aromatic carbocycles. The van der Waals surface area contributed by atoms with Crippen molar-refractivity contribution in [3.63, 3.8) is 0 Å². The number of nitrogens with zero attached hydrogens (tertiary/aromatic N) is 3. The average molecular weight is 812 g/mol. The largest absolute Gasteiger partial charge is 0.504 e. The Morgan fingerprint density at radius 1 is 0.891 bits per heavy atom. The van der Waals surface area contributed by atoms with E-state index in [9.17, 15) is 32.7 Å². The van der Waals surface area contributed by atoms with Crippen LogP contribution in [0.25, 0.3) is 0 Å². The smallest absolute Gasteiger partial charge is 0.417 e. The Balaban J connectivity index is 1.31. The summed E-state index contributed by atoms with van der Waals surface area (Å²) in [7, 11) is 1.37. The van der Waals surface area contributed by atoms with Crippen molar-refractivity contribution >= 4 is 69.9 Å². The normalized spacial score (nSPS) is 26.1. The van der Waals surface area contributed by atoms with E-state index >= 15 is 4.79 Å². The van der Waals surface area contributed by atoms with Gasteiger partial charge in [0.05, 0.1) is 46.6 Å². The summed E-state index contributed by atoms with van der Waals surface area (Å²) in [6, 6.07) is 17.9. The number of rotatable bonds is 6. The van der Waals surface area contributed by atoms with Gasteiger partial charge in [0.2, 0.25) is 11.8 Å². The zero-order valence-corrected chi connectivity index (χ0v) is 30.7. The van der Waals surface area contributed by atoms with Gasteiger partial charge >= 0.3 is 6.18 Å². The lowest BCUT2D eigenvalue weighted by molar-refractivity contribution is -0.139. The molecule has 0 unspecified atom stereocenters. The molecule has 0 spiro atoms. The highest BCUT2D eigenvalue weighted by atomic mass is 35.5. The molecule has 4 aliphatic rings. The maximum Gasteiger partial charge on any atom is 0.417 e. The molecule has 282 valence electrons. The van der Waals surface area contributed by atoms with Crippen LogP contribution in [-0.2, 0) is 30.8 Å². The van der Waals surface area contributed by atoms with Gasteiger partial charge in [-0.3, -0.25) is 29.5 Å². The summed E-state index contributed by atoms with van der Waals surface area (Å²) in [5.74, 6) is -7.63. The second kappa shape index (κ2) is 13.3. The van der Waals surface area contributed by atoms with Crippen molar-refractivity contribution in [1.82, 2.24) is 9.99 Å². The van der Waals surface area contributed by atoms with Gasteiger partial charge in [-0.15, -0.1) is 0 Å². The molecule has 16 heteroatoms. The number of imide groups is 2. The molecule has 1 aromatic heterocycles. The predicted octanol–water partition coefficient (Wildman–Crippen LogP) is 7.96. The molecule has 0 bridgehead atoms. The number of phenols is 1. The molecule has 4 aromatic rings. The number of halogens is 6. The standard InChI is InChI=1S/C39H28Cl3F3N4O6/c1-55-30-13-2-18(14-29(30)50)32-24-11-12-25-31(36(53)48(34(25)51)23-9-7-22(41)8-10-23)26(24)16-27-35(52)49(37(54)38(27,32)19-3-5-21(40)6-4-19)47-33-28(42)15-20(17-46-33)39(43,44)45/h2-11,13-15,17,25-27,31-32,50H,12,16H2,1H3,(H,46,47)/t25-,26+,27-,31-,32-,38+/m0/s1. The number of pyridine rings is 1. The topological polar surface area (TPSA) is 129 Å². The highest BCUT2D eigenvalue weighted by molar-refractivity contribution is 6.33. The van der Waals surface area contributed by atoms with Crippen LogP contribution in [0, 0.1) is 23.7 Å². The number of phenolic OH excluding ortho intramolecular Hbond substituents is 1. The molecule has 3 heterocycles. The Kier molecular flexibility index (Phi) is 8.90. The molecule has 0 radical (unpaired) electrons. The van der Waals surface area contributed by atoms with Gasteiger partial charge in [0.15, 0.2) is 17.3 Å². The van der Waals surface area contributed by atoms with Crippen molar-refractivity contribution in [3.8, 4) is 11.5 Å². The number of benzene rings is 3. The minimum Gasteiger partial charge on any atom is -0.504 e. The molecule has 2 saturated heterocycles. The van der Waals surface area contributed by atoms with Crippen molar-refractivity contribution in [2.45, 2.75) is 30.4 Å². The highest BCUT2D eigenvalue weighted by Crippen LogP contribution is 2.64. The number of nitrogens with one attached hydrogen (secondary N) is 1. The molecule has 8 rings (SSSR count). The zero-order chi connectivity index (χ0) is 39.1. The SMILES string of the molecule is COc1ccc([C@H]2C3=CC[C@@H]4C(=O)N(c5ccc(Cl)cc5)C(=O)[C@@H]4[C@@H]3C[C@H]3C(=O)N(Nc4ncc(C(F)(F)F)cc4Cl)C(=O)[C@@]23c2ccc(Cl)cc2)cc1O. The van der Waals surface area contributed by atoms with Crippen LogP contribution in [-0.4, -0.2) is 45.8 Å². The van der Waals surface area contributed by atoms with Gasteiger partial charge in [-0.05, 0) is 84.5 Å². The Labute approximate surface area is 326 Å². The molecule has 2 aliphatic heterocycles. The van der Waals surface area contributed by atoms with E-state index in [0.717, 1.165) is 4.90 Å². The van der Waals surface area contributed by atoms with Gasteiger partial charge in [-0.1, -0.05) is 64.7 Å². The summed E-state index contributed by atoms with van der Waals surface area (Å²) >= 11 is 18.7. The third-order valence-electron chi connectivity index (χ3n) is 11.2. The number of allylic oxidation sites excluding steroid dienone is 2. The minimum atomic E-state index is -4.76. The monoisotopic (exact) mass is 810 g/mol. The first-order chi connectivity index (χ1) is 26.2. The molecule has 1 saturated carbocycles. The van der Waals surface area contributed by atoms with Crippen LogP contribution < -0.4 is 15.1 Å². The number of hydrogen-bond donors (Lipinski definition) is 2. The van der Waals surface area contributed by atoms with Crippen molar-refractivity contribution in [3.05, 3.63) is 122 Å². The van der Waals surface area contributed by atoms with Gasteiger partial charge in [-0.2, -0.15) is 18.2 Å². The van der Waals surface area contributed by atoms with E-state index in [1.165, 1.54) is 19.2 Å². The second-order valence-corrected chi connectivity index (χ2v) is 15.1. The van der Waals surface area contributed by atoms with Crippen LogP contribution in [0.3, 0.4) is 0 Å². The number of alkyl halides is 3. The fourth-order valence-electron chi connectivity index (χ4n) is 8.89. The van der Waals surface area contributed by atoms with Gasteiger partial charge in [0, 0.05) is 22.2 Å². The first kappa shape index (κ1) is 36.8. The summed E-state index contributed by atoms with van der Waals surface area (Å²) in [4.78, 5) is 63.4. The van der Waals surface area contributed by atoms with Gasteiger partial charge < -0.3 is 9.84 Å². The number of amides is 4. The lowest BCUT2D eigenvalue weighted by Gasteiger charge is -2.50. The summed E-state index contributed by atoms with van der Waals surface area (Å²) in [5, 5.41) is 12.0. The number of carbonyl (C=O) groups excluding carboxylic acids is 4. The number of anilines is 2. The lowest BCUT2D eigenvalue weighted by atomic mass is 9.49. The van der Waals surface area contributed by atoms with Crippen LogP contribution in [0.1, 0.15) is 35.4 Å². The summed E-state index contributed by atoms with van der Waals surface area (Å²) in [6.07, 6.45) is -2.33. The van der Waals surface area contributed by atoms with Crippen molar-refractivity contribution < 1.29 is 42.2 Å². The minimum absolute atomic E-state index is 0.0708. The molecule has 2 N–H and O–H groups in total. The number of aromatic nitrogens is 1. The molecule has 4 amide bonds. The van der Waals surface area contributed by atoms with E-state index in [1.807, 2.05) is 6.08 Å². The zero-order valence-electron chi connectivity index (χ0n) is 28.5. The van der Waals surface area contributed by atoms with Crippen molar-refractivity contribution in [2.24, 2.45) is 23.7 Å².